The Kier molecular flexibility index (Phi) is 5.95. The van der Waals surface area contributed by atoms with Gasteiger partial charge in [0.05, 0.1) is 10.5 Å². The standard InChI is InChI=1S/C20H16F3N3O5/c1-11(25-16-7-6-12(20(21,22)23)8-17(16)26(29)30)19(28)31-10-18(27)14-9-24-15-5-3-2-4-13(14)15/h2-9,11,24-25H,10H2,1H3/t11-/m0/s1. The van der Waals surface area contributed by atoms with Gasteiger partial charge in [-0.3, -0.25) is 14.9 Å². The van der Waals surface area contributed by atoms with E-state index in [0.717, 1.165) is 11.6 Å². The summed E-state index contributed by atoms with van der Waals surface area (Å²) in [4.78, 5) is 37.6. The molecule has 0 aliphatic carbocycles. The lowest BCUT2D eigenvalue weighted by atomic mass is 10.1. The number of hydrogen-bond donors (Lipinski definition) is 2. The molecule has 0 spiro atoms. The zero-order chi connectivity index (χ0) is 22.8. The molecule has 2 N–H and O–H groups in total. The van der Waals surface area contributed by atoms with Crippen molar-refractivity contribution in [1.29, 1.82) is 0 Å². The number of benzene rings is 2. The highest BCUT2D eigenvalue weighted by Gasteiger charge is 2.33. The molecule has 0 saturated heterocycles. The summed E-state index contributed by atoms with van der Waals surface area (Å²) in [6.45, 7) is 0.738. The largest absolute Gasteiger partial charge is 0.456 e. The number of anilines is 1. The lowest BCUT2D eigenvalue weighted by molar-refractivity contribution is -0.384. The molecule has 31 heavy (non-hydrogen) atoms. The van der Waals surface area contributed by atoms with Crippen LogP contribution in [0.2, 0.25) is 0 Å². The number of ketones is 1. The number of alkyl halides is 3. The van der Waals surface area contributed by atoms with Gasteiger partial charge in [-0.2, -0.15) is 13.2 Å². The number of nitro groups is 1. The molecule has 162 valence electrons. The van der Waals surface area contributed by atoms with Crippen LogP contribution in [0.1, 0.15) is 22.8 Å². The first-order valence-electron chi connectivity index (χ1n) is 8.96. The SMILES string of the molecule is C[C@H](Nc1ccc(C(F)(F)F)cc1[N+](=O)[O-])C(=O)OCC(=O)c1c[nH]c2ccccc12. The number of esters is 1. The van der Waals surface area contributed by atoms with Crippen molar-refractivity contribution in [2.45, 2.75) is 19.1 Å². The first kappa shape index (κ1) is 21.8. The second kappa shape index (κ2) is 8.46. The number of nitro benzene ring substituents is 1. The summed E-state index contributed by atoms with van der Waals surface area (Å²) in [5.41, 5.74) is -1.25. The maximum atomic E-state index is 12.8. The molecule has 11 heteroatoms. The third-order valence-electron chi connectivity index (χ3n) is 4.48. The number of aromatic nitrogens is 1. The summed E-state index contributed by atoms with van der Waals surface area (Å²) in [6, 6.07) is 7.79. The van der Waals surface area contributed by atoms with Gasteiger partial charge in [0, 0.05) is 28.7 Å². The number of nitrogens with one attached hydrogen (secondary N) is 2. The van der Waals surface area contributed by atoms with Crippen LogP contribution in [0.4, 0.5) is 24.5 Å². The number of carbonyl (C=O) groups excluding carboxylic acids is 2. The number of carbonyl (C=O) groups is 2. The van der Waals surface area contributed by atoms with E-state index < -0.39 is 46.8 Å². The molecule has 8 nitrogen and oxygen atoms in total. The van der Waals surface area contributed by atoms with E-state index in [2.05, 4.69) is 10.3 Å². The van der Waals surface area contributed by atoms with Gasteiger partial charge in [0.15, 0.2) is 6.61 Å². The van der Waals surface area contributed by atoms with Crippen molar-refractivity contribution in [3.05, 3.63) is 69.9 Å². The number of Topliss-reactive ketones (excluding diaryl/α,β-unsaturated/α-hetero) is 1. The molecule has 0 bridgehead atoms. The van der Waals surface area contributed by atoms with Crippen LogP contribution in [-0.2, 0) is 15.7 Å². The van der Waals surface area contributed by atoms with Crippen molar-refractivity contribution >= 4 is 34.0 Å². The molecule has 0 fully saturated rings. The Morgan fingerprint density at radius 2 is 1.94 bits per heavy atom. The van der Waals surface area contributed by atoms with Crippen molar-refractivity contribution in [1.82, 2.24) is 4.98 Å². The topological polar surface area (TPSA) is 114 Å². The molecule has 0 aliphatic rings. The van der Waals surface area contributed by atoms with E-state index in [1.54, 1.807) is 24.3 Å². The summed E-state index contributed by atoms with van der Waals surface area (Å²) in [7, 11) is 0. The maximum absolute atomic E-state index is 12.8. The zero-order valence-electron chi connectivity index (χ0n) is 16.0. The highest BCUT2D eigenvalue weighted by Crippen LogP contribution is 2.35. The smallest absolute Gasteiger partial charge is 0.416 e. The molecular weight excluding hydrogens is 419 g/mol. The fraction of sp³-hybridized carbons (Fsp3) is 0.200. The van der Waals surface area contributed by atoms with E-state index in [1.807, 2.05) is 0 Å². The third kappa shape index (κ3) is 4.82. The molecule has 1 heterocycles. The number of H-pyrrole nitrogens is 1. The number of halogens is 3. The number of ether oxygens (including phenoxy) is 1. The Balaban J connectivity index is 1.67. The zero-order valence-corrected chi connectivity index (χ0v) is 16.0. The first-order chi connectivity index (χ1) is 14.6. The van der Waals surface area contributed by atoms with Gasteiger partial charge in [-0.15, -0.1) is 0 Å². The van der Waals surface area contributed by atoms with Crippen LogP contribution in [0.25, 0.3) is 10.9 Å². The summed E-state index contributed by atoms with van der Waals surface area (Å²) >= 11 is 0. The molecule has 0 saturated carbocycles. The van der Waals surface area contributed by atoms with Gasteiger partial charge in [0.2, 0.25) is 5.78 Å². The second-order valence-electron chi connectivity index (χ2n) is 6.63. The van der Waals surface area contributed by atoms with E-state index in [-0.39, 0.29) is 5.69 Å². The van der Waals surface area contributed by atoms with Crippen LogP contribution in [0.5, 0.6) is 0 Å². The Morgan fingerprint density at radius 1 is 1.23 bits per heavy atom. The van der Waals surface area contributed by atoms with Crippen molar-refractivity contribution in [2.75, 3.05) is 11.9 Å². The fourth-order valence-corrected chi connectivity index (χ4v) is 2.91. The van der Waals surface area contributed by atoms with Crippen LogP contribution in [0.15, 0.2) is 48.7 Å². The number of hydrogen-bond acceptors (Lipinski definition) is 6. The number of nitrogens with zero attached hydrogens (tertiary/aromatic N) is 1. The number of para-hydroxylation sites is 1. The van der Waals surface area contributed by atoms with E-state index in [9.17, 15) is 32.9 Å². The molecule has 3 aromatic rings. The maximum Gasteiger partial charge on any atom is 0.416 e. The molecule has 0 unspecified atom stereocenters. The molecule has 1 aromatic heterocycles. The van der Waals surface area contributed by atoms with E-state index >= 15 is 0 Å². The molecule has 3 rings (SSSR count). The molecule has 0 radical (unpaired) electrons. The highest BCUT2D eigenvalue weighted by molar-refractivity contribution is 6.08. The predicted octanol–water partition coefficient (Wildman–Crippen LogP) is 4.32. The molecule has 2 aromatic carbocycles. The Hall–Kier alpha value is -3.89. The van der Waals surface area contributed by atoms with Crippen LogP contribution < -0.4 is 5.32 Å². The van der Waals surface area contributed by atoms with Crippen LogP contribution in [0, 0.1) is 10.1 Å². The van der Waals surface area contributed by atoms with Crippen molar-refractivity contribution in [3.8, 4) is 0 Å². The Labute approximate surface area is 173 Å². The summed E-state index contributed by atoms with van der Waals surface area (Å²) in [6.07, 6.45) is -3.26. The van der Waals surface area contributed by atoms with E-state index in [4.69, 9.17) is 4.74 Å². The molecule has 0 amide bonds. The number of fused-ring (bicyclic) bond motifs is 1. The van der Waals surface area contributed by atoms with Gasteiger partial charge in [-0.25, -0.2) is 4.79 Å². The summed E-state index contributed by atoms with van der Waals surface area (Å²) < 4.78 is 43.4. The molecule has 1 atom stereocenters. The average Bonchev–Trinajstić information content (AvgIpc) is 3.15. The third-order valence-corrected chi connectivity index (χ3v) is 4.48. The van der Waals surface area contributed by atoms with Crippen molar-refractivity contribution in [3.63, 3.8) is 0 Å². The van der Waals surface area contributed by atoms with Gasteiger partial charge in [0.1, 0.15) is 11.7 Å². The van der Waals surface area contributed by atoms with Crippen molar-refractivity contribution < 1.29 is 32.4 Å². The minimum Gasteiger partial charge on any atom is -0.456 e. The average molecular weight is 435 g/mol. The van der Waals surface area contributed by atoms with E-state index in [1.165, 1.54) is 13.1 Å². The van der Waals surface area contributed by atoms with Gasteiger partial charge < -0.3 is 15.0 Å². The number of aromatic amines is 1. The lowest BCUT2D eigenvalue weighted by Crippen LogP contribution is -2.30. The summed E-state index contributed by atoms with van der Waals surface area (Å²) in [5, 5.41) is 14.3. The fourth-order valence-electron chi connectivity index (χ4n) is 2.91. The normalized spacial score (nSPS) is 12.4. The van der Waals surface area contributed by atoms with E-state index in [0.29, 0.717) is 23.1 Å². The monoisotopic (exact) mass is 435 g/mol. The first-order valence-corrected chi connectivity index (χ1v) is 8.96. The minimum atomic E-state index is -4.75. The van der Waals surface area contributed by atoms with Crippen LogP contribution in [-0.4, -0.2) is 34.3 Å². The van der Waals surface area contributed by atoms with Crippen LogP contribution >= 0.6 is 0 Å². The van der Waals surface area contributed by atoms with Gasteiger partial charge >= 0.3 is 12.1 Å². The second-order valence-corrected chi connectivity index (χ2v) is 6.63. The van der Waals surface area contributed by atoms with Gasteiger partial charge in [-0.05, 0) is 25.1 Å². The van der Waals surface area contributed by atoms with Crippen LogP contribution in [0.3, 0.4) is 0 Å². The predicted molar refractivity (Wildman–Crippen MR) is 105 cm³/mol. The lowest BCUT2D eigenvalue weighted by Gasteiger charge is -2.15. The minimum absolute atomic E-state index is 0.287. The Morgan fingerprint density at radius 3 is 2.61 bits per heavy atom. The Bertz CT molecular complexity index is 1160. The van der Waals surface area contributed by atoms with Gasteiger partial charge in [-0.1, -0.05) is 18.2 Å². The van der Waals surface area contributed by atoms with Crippen molar-refractivity contribution in [2.24, 2.45) is 0 Å². The molecular formula is C20H16F3N3O5. The quantitative estimate of drug-likeness (QED) is 0.247. The number of rotatable bonds is 7. The van der Waals surface area contributed by atoms with Gasteiger partial charge in [0.25, 0.3) is 5.69 Å². The highest BCUT2D eigenvalue weighted by atomic mass is 19.4. The molecule has 0 aliphatic heterocycles. The summed E-state index contributed by atoms with van der Waals surface area (Å²) in [5.74, 6) is -1.36.